The van der Waals surface area contributed by atoms with Gasteiger partial charge in [0.15, 0.2) is 5.82 Å². The fourth-order valence-electron chi connectivity index (χ4n) is 3.29. The summed E-state index contributed by atoms with van der Waals surface area (Å²) in [7, 11) is 0. The molecule has 0 radical (unpaired) electrons. The molecule has 4 rings (SSSR count). The number of carbonyl (C=O) groups excluding carboxylic acids is 1. The third-order valence-electron chi connectivity index (χ3n) is 5.16. The normalized spacial score (nSPS) is 10.8. The maximum atomic E-state index is 13.0. The van der Waals surface area contributed by atoms with E-state index in [2.05, 4.69) is 31.3 Å². The number of rotatable bonds is 6. The summed E-state index contributed by atoms with van der Waals surface area (Å²) >= 11 is 3.46. The minimum Gasteiger partial charge on any atom is -0.494 e. The van der Waals surface area contributed by atoms with Crippen LogP contribution < -0.4 is 10.1 Å². The Hall–Kier alpha value is -3.45. The van der Waals surface area contributed by atoms with Crippen molar-refractivity contribution < 1.29 is 9.53 Å². The van der Waals surface area contributed by atoms with Gasteiger partial charge >= 0.3 is 0 Å². The topological polar surface area (TPSA) is 69.0 Å². The van der Waals surface area contributed by atoms with Crippen LogP contribution in [0.2, 0.25) is 0 Å². The van der Waals surface area contributed by atoms with Gasteiger partial charge in [-0.15, -0.1) is 5.10 Å². The van der Waals surface area contributed by atoms with Crippen molar-refractivity contribution in [3.63, 3.8) is 0 Å². The van der Waals surface area contributed by atoms with E-state index in [1.165, 1.54) is 0 Å². The standard InChI is InChI=1S/C25H23BrN4O2/c1-4-32-21-14-12-20(13-15-21)30-24(18-8-10-19(26)11-9-18)28-23(29-30)25(31)27-22-7-5-6-16(2)17(22)3/h5-15H,4H2,1-3H3,(H,27,31). The summed E-state index contributed by atoms with van der Waals surface area (Å²) in [5, 5.41) is 7.49. The number of ether oxygens (including phenoxy) is 1. The van der Waals surface area contributed by atoms with Crippen LogP contribution >= 0.6 is 15.9 Å². The Bertz CT molecular complexity index is 1250. The van der Waals surface area contributed by atoms with Gasteiger partial charge in [0, 0.05) is 15.7 Å². The van der Waals surface area contributed by atoms with Crippen LogP contribution in [0, 0.1) is 13.8 Å². The Morgan fingerprint density at radius 1 is 1.03 bits per heavy atom. The fourth-order valence-corrected chi connectivity index (χ4v) is 3.55. The molecular weight excluding hydrogens is 468 g/mol. The van der Waals surface area contributed by atoms with Gasteiger partial charge in [0.05, 0.1) is 12.3 Å². The maximum Gasteiger partial charge on any atom is 0.295 e. The molecule has 7 heteroatoms. The van der Waals surface area contributed by atoms with Crippen molar-refractivity contribution in [3.8, 4) is 22.8 Å². The van der Waals surface area contributed by atoms with Crippen molar-refractivity contribution in [1.29, 1.82) is 0 Å². The number of hydrogen-bond acceptors (Lipinski definition) is 4. The number of nitrogens with one attached hydrogen (secondary N) is 1. The molecular formula is C25H23BrN4O2. The summed E-state index contributed by atoms with van der Waals surface area (Å²) in [6.45, 7) is 6.52. The quantitative estimate of drug-likeness (QED) is 0.361. The van der Waals surface area contributed by atoms with E-state index >= 15 is 0 Å². The van der Waals surface area contributed by atoms with E-state index in [4.69, 9.17) is 4.74 Å². The predicted octanol–water partition coefficient (Wildman–Crippen LogP) is 5.96. The smallest absolute Gasteiger partial charge is 0.295 e. The van der Waals surface area contributed by atoms with Gasteiger partial charge in [0.2, 0.25) is 5.82 Å². The SMILES string of the molecule is CCOc1ccc(-n2nc(C(=O)Nc3cccc(C)c3C)nc2-c2ccc(Br)cc2)cc1. The highest BCUT2D eigenvalue weighted by Gasteiger charge is 2.20. The molecule has 0 fully saturated rings. The van der Waals surface area contributed by atoms with Crippen molar-refractivity contribution in [2.75, 3.05) is 11.9 Å². The number of nitrogens with zero attached hydrogens (tertiary/aromatic N) is 3. The van der Waals surface area contributed by atoms with Crippen LogP contribution in [-0.4, -0.2) is 27.3 Å². The zero-order valence-electron chi connectivity index (χ0n) is 18.1. The lowest BCUT2D eigenvalue weighted by Gasteiger charge is -2.08. The van der Waals surface area contributed by atoms with Crippen LogP contribution in [0.1, 0.15) is 28.7 Å². The molecule has 0 bridgehead atoms. The van der Waals surface area contributed by atoms with Crippen LogP contribution in [0.15, 0.2) is 71.2 Å². The Balaban J connectivity index is 1.74. The molecule has 0 spiro atoms. The molecule has 0 aliphatic heterocycles. The lowest BCUT2D eigenvalue weighted by molar-refractivity contribution is 0.101. The number of hydrogen-bond donors (Lipinski definition) is 1. The van der Waals surface area contributed by atoms with Crippen molar-refractivity contribution in [2.45, 2.75) is 20.8 Å². The van der Waals surface area contributed by atoms with E-state index in [-0.39, 0.29) is 11.7 Å². The average molecular weight is 491 g/mol. The second-order valence-corrected chi connectivity index (χ2v) is 8.22. The van der Waals surface area contributed by atoms with Crippen LogP contribution in [0.3, 0.4) is 0 Å². The number of benzene rings is 3. The lowest BCUT2D eigenvalue weighted by atomic mass is 10.1. The minimum absolute atomic E-state index is 0.0951. The van der Waals surface area contributed by atoms with Gasteiger partial charge in [-0.25, -0.2) is 9.67 Å². The van der Waals surface area contributed by atoms with E-state index in [9.17, 15) is 4.79 Å². The third-order valence-corrected chi connectivity index (χ3v) is 5.69. The van der Waals surface area contributed by atoms with E-state index in [1.54, 1.807) is 4.68 Å². The van der Waals surface area contributed by atoms with Gasteiger partial charge < -0.3 is 10.1 Å². The Labute approximate surface area is 195 Å². The lowest BCUT2D eigenvalue weighted by Crippen LogP contribution is -2.15. The third kappa shape index (κ3) is 4.57. The van der Waals surface area contributed by atoms with Crippen molar-refractivity contribution in [1.82, 2.24) is 14.8 Å². The number of amides is 1. The monoisotopic (exact) mass is 490 g/mol. The predicted molar refractivity (Wildman–Crippen MR) is 130 cm³/mol. The molecule has 4 aromatic rings. The average Bonchev–Trinajstić information content (AvgIpc) is 3.24. The molecule has 3 aromatic carbocycles. The minimum atomic E-state index is -0.359. The molecule has 0 saturated carbocycles. The van der Waals surface area contributed by atoms with Crippen LogP contribution in [-0.2, 0) is 0 Å². The number of aromatic nitrogens is 3. The van der Waals surface area contributed by atoms with Gasteiger partial charge in [0.25, 0.3) is 5.91 Å². The zero-order valence-corrected chi connectivity index (χ0v) is 19.7. The second-order valence-electron chi connectivity index (χ2n) is 7.31. The first kappa shape index (κ1) is 21.8. The van der Waals surface area contributed by atoms with Crippen LogP contribution in [0.25, 0.3) is 17.1 Å². The Kier molecular flexibility index (Phi) is 6.37. The zero-order chi connectivity index (χ0) is 22.7. The van der Waals surface area contributed by atoms with E-state index in [0.29, 0.717) is 12.4 Å². The summed E-state index contributed by atoms with van der Waals surface area (Å²) in [6, 6.07) is 21.1. The molecule has 0 aliphatic rings. The summed E-state index contributed by atoms with van der Waals surface area (Å²) in [4.78, 5) is 17.6. The first-order valence-electron chi connectivity index (χ1n) is 10.3. The first-order valence-corrected chi connectivity index (χ1v) is 11.1. The van der Waals surface area contributed by atoms with E-state index in [1.807, 2.05) is 87.5 Å². The van der Waals surface area contributed by atoms with Gasteiger partial charge in [-0.1, -0.05) is 40.2 Å². The van der Waals surface area contributed by atoms with Crippen molar-refractivity contribution in [3.05, 3.63) is 88.2 Å². The summed E-state index contributed by atoms with van der Waals surface area (Å²) < 4.78 is 8.18. The Morgan fingerprint density at radius 3 is 2.44 bits per heavy atom. The molecule has 6 nitrogen and oxygen atoms in total. The van der Waals surface area contributed by atoms with Gasteiger partial charge in [-0.2, -0.15) is 0 Å². The summed E-state index contributed by atoms with van der Waals surface area (Å²) in [5.41, 5.74) is 4.49. The highest BCUT2D eigenvalue weighted by Crippen LogP contribution is 2.25. The Morgan fingerprint density at radius 2 is 1.75 bits per heavy atom. The number of anilines is 1. The molecule has 0 unspecified atom stereocenters. The van der Waals surface area contributed by atoms with Gasteiger partial charge in [0.1, 0.15) is 5.75 Å². The van der Waals surface area contributed by atoms with Crippen molar-refractivity contribution >= 4 is 27.5 Å². The maximum absolute atomic E-state index is 13.0. The number of halogens is 1. The van der Waals surface area contributed by atoms with E-state index < -0.39 is 0 Å². The molecule has 1 heterocycles. The molecule has 1 N–H and O–H groups in total. The van der Waals surface area contributed by atoms with Gasteiger partial charge in [-0.05, 0) is 74.4 Å². The molecule has 0 saturated heterocycles. The van der Waals surface area contributed by atoms with Gasteiger partial charge in [-0.3, -0.25) is 4.79 Å². The first-order chi connectivity index (χ1) is 15.5. The highest BCUT2D eigenvalue weighted by atomic mass is 79.9. The fraction of sp³-hybridized carbons (Fsp3) is 0.160. The number of aryl methyl sites for hydroxylation is 1. The van der Waals surface area contributed by atoms with Crippen LogP contribution in [0.4, 0.5) is 5.69 Å². The molecule has 32 heavy (non-hydrogen) atoms. The molecule has 0 aliphatic carbocycles. The molecule has 0 atom stereocenters. The molecule has 1 aromatic heterocycles. The second kappa shape index (κ2) is 9.36. The number of carbonyl (C=O) groups is 1. The summed E-state index contributed by atoms with van der Waals surface area (Å²) in [5.74, 6) is 1.08. The summed E-state index contributed by atoms with van der Waals surface area (Å²) in [6.07, 6.45) is 0. The molecule has 162 valence electrons. The largest absolute Gasteiger partial charge is 0.494 e. The van der Waals surface area contributed by atoms with Crippen LogP contribution in [0.5, 0.6) is 5.75 Å². The molecule has 1 amide bonds. The van der Waals surface area contributed by atoms with Crippen molar-refractivity contribution in [2.24, 2.45) is 0 Å². The van der Waals surface area contributed by atoms with E-state index in [0.717, 1.165) is 38.3 Å². The highest BCUT2D eigenvalue weighted by molar-refractivity contribution is 9.10.